The lowest BCUT2D eigenvalue weighted by atomic mass is 9.99. The molecule has 136 valence electrons. The van der Waals surface area contributed by atoms with Crippen LogP contribution in [0.2, 0.25) is 0 Å². The van der Waals surface area contributed by atoms with Crippen molar-refractivity contribution in [3.05, 3.63) is 33.9 Å². The van der Waals surface area contributed by atoms with Crippen LogP contribution in [0.5, 0.6) is 0 Å². The maximum Gasteiger partial charge on any atom is 0.338 e. The van der Waals surface area contributed by atoms with Gasteiger partial charge in [0.05, 0.1) is 16.6 Å². The molecule has 7 heteroatoms. The molecule has 0 aliphatic carbocycles. The van der Waals surface area contributed by atoms with Gasteiger partial charge in [0.2, 0.25) is 0 Å². The SMILES string of the molecule is C[C@H]1CCCN(c2ccc(C(=O)OC[C@@H]3CCCO3)cc2[N+](=O)[O-])C1. The Labute approximate surface area is 147 Å². The molecule has 0 N–H and O–H groups in total. The van der Waals surface area contributed by atoms with Crippen LogP contribution in [0.4, 0.5) is 11.4 Å². The normalized spacial score (nSPS) is 23.5. The van der Waals surface area contributed by atoms with Crippen molar-refractivity contribution in [1.82, 2.24) is 0 Å². The molecule has 2 aliphatic heterocycles. The summed E-state index contributed by atoms with van der Waals surface area (Å²) < 4.78 is 10.7. The minimum atomic E-state index is -0.544. The number of esters is 1. The highest BCUT2D eigenvalue weighted by molar-refractivity contribution is 5.91. The molecule has 1 aromatic rings. The van der Waals surface area contributed by atoms with Gasteiger partial charge in [-0.2, -0.15) is 0 Å². The molecule has 1 aromatic carbocycles. The number of piperidine rings is 1. The molecule has 0 radical (unpaired) electrons. The fraction of sp³-hybridized carbons (Fsp3) is 0.611. The summed E-state index contributed by atoms with van der Waals surface area (Å²) in [6.07, 6.45) is 3.94. The summed E-state index contributed by atoms with van der Waals surface area (Å²) in [5.74, 6) is -0.0402. The van der Waals surface area contributed by atoms with E-state index >= 15 is 0 Å². The van der Waals surface area contributed by atoms with Gasteiger partial charge in [-0.3, -0.25) is 10.1 Å². The fourth-order valence-corrected chi connectivity index (χ4v) is 3.50. The van der Waals surface area contributed by atoms with E-state index in [0.717, 1.165) is 38.8 Å². The monoisotopic (exact) mass is 348 g/mol. The lowest BCUT2D eigenvalue weighted by molar-refractivity contribution is -0.384. The Hall–Kier alpha value is -2.15. The molecular formula is C18H24N2O5. The number of carbonyl (C=O) groups excluding carboxylic acids is 1. The van der Waals surface area contributed by atoms with E-state index in [-0.39, 0.29) is 24.0 Å². The van der Waals surface area contributed by atoms with E-state index < -0.39 is 10.9 Å². The Morgan fingerprint density at radius 1 is 1.40 bits per heavy atom. The molecule has 3 rings (SSSR count). The Bertz CT molecular complexity index is 642. The number of nitro benzene ring substituents is 1. The Kier molecular flexibility index (Phi) is 5.53. The zero-order chi connectivity index (χ0) is 17.8. The second-order valence-electron chi connectivity index (χ2n) is 6.89. The predicted molar refractivity (Wildman–Crippen MR) is 93.0 cm³/mol. The van der Waals surface area contributed by atoms with Crippen LogP contribution in [0.25, 0.3) is 0 Å². The highest BCUT2D eigenvalue weighted by Crippen LogP contribution is 2.32. The summed E-state index contributed by atoms with van der Waals surface area (Å²) in [7, 11) is 0. The largest absolute Gasteiger partial charge is 0.459 e. The van der Waals surface area contributed by atoms with E-state index in [0.29, 0.717) is 18.2 Å². The Balaban J connectivity index is 1.73. The number of hydrogen-bond acceptors (Lipinski definition) is 6. The molecule has 0 unspecified atom stereocenters. The molecule has 0 aromatic heterocycles. The first-order chi connectivity index (χ1) is 12.0. The smallest absolute Gasteiger partial charge is 0.338 e. The average molecular weight is 348 g/mol. The van der Waals surface area contributed by atoms with Crippen LogP contribution in [-0.2, 0) is 9.47 Å². The summed E-state index contributed by atoms with van der Waals surface area (Å²) in [6.45, 7) is 4.63. The number of nitro groups is 1. The summed E-state index contributed by atoms with van der Waals surface area (Å²) in [4.78, 5) is 25.3. The minimum Gasteiger partial charge on any atom is -0.459 e. The van der Waals surface area contributed by atoms with E-state index in [9.17, 15) is 14.9 Å². The Morgan fingerprint density at radius 2 is 2.24 bits per heavy atom. The maximum absolute atomic E-state index is 12.2. The van der Waals surface area contributed by atoms with Crippen molar-refractivity contribution in [2.75, 3.05) is 31.2 Å². The van der Waals surface area contributed by atoms with Crippen LogP contribution < -0.4 is 4.90 Å². The molecule has 0 bridgehead atoms. The highest BCUT2D eigenvalue weighted by atomic mass is 16.6. The van der Waals surface area contributed by atoms with Crippen LogP contribution in [0.1, 0.15) is 43.0 Å². The highest BCUT2D eigenvalue weighted by Gasteiger charge is 2.26. The number of ether oxygens (including phenoxy) is 2. The van der Waals surface area contributed by atoms with Crippen LogP contribution in [0.15, 0.2) is 18.2 Å². The number of carbonyl (C=O) groups is 1. The van der Waals surface area contributed by atoms with Crippen LogP contribution in [-0.4, -0.2) is 43.3 Å². The van der Waals surface area contributed by atoms with E-state index in [2.05, 4.69) is 6.92 Å². The van der Waals surface area contributed by atoms with Crippen molar-refractivity contribution in [2.24, 2.45) is 5.92 Å². The number of anilines is 1. The molecule has 25 heavy (non-hydrogen) atoms. The molecule has 2 fully saturated rings. The summed E-state index contributed by atoms with van der Waals surface area (Å²) in [5.41, 5.74) is 0.742. The molecule has 2 aliphatic rings. The number of rotatable bonds is 5. The Morgan fingerprint density at radius 3 is 2.92 bits per heavy atom. The van der Waals surface area contributed by atoms with E-state index in [1.54, 1.807) is 12.1 Å². The molecule has 2 heterocycles. The lowest BCUT2D eigenvalue weighted by Gasteiger charge is -2.32. The lowest BCUT2D eigenvalue weighted by Crippen LogP contribution is -2.34. The van der Waals surface area contributed by atoms with E-state index in [1.807, 2.05) is 4.90 Å². The van der Waals surface area contributed by atoms with Gasteiger partial charge in [0.25, 0.3) is 5.69 Å². The van der Waals surface area contributed by atoms with Crippen molar-refractivity contribution in [3.8, 4) is 0 Å². The topological polar surface area (TPSA) is 81.9 Å². The molecule has 0 amide bonds. The van der Waals surface area contributed by atoms with Gasteiger partial charge in [-0.1, -0.05) is 6.92 Å². The van der Waals surface area contributed by atoms with Crippen molar-refractivity contribution >= 4 is 17.3 Å². The molecule has 7 nitrogen and oxygen atoms in total. The number of nitrogens with zero attached hydrogens (tertiary/aromatic N) is 2. The third-order valence-electron chi connectivity index (χ3n) is 4.83. The first-order valence-electron chi connectivity index (χ1n) is 8.86. The van der Waals surface area contributed by atoms with Gasteiger partial charge in [0.15, 0.2) is 0 Å². The zero-order valence-electron chi connectivity index (χ0n) is 14.5. The summed E-state index contributed by atoms with van der Waals surface area (Å²) in [5, 5.41) is 11.5. The van der Waals surface area contributed by atoms with Gasteiger partial charge in [0.1, 0.15) is 12.3 Å². The number of benzene rings is 1. The average Bonchev–Trinajstić information content (AvgIpc) is 3.12. The summed E-state index contributed by atoms with van der Waals surface area (Å²) >= 11 is 0. The van der Waals surface area contributed by atoms with Crippen molar-refractivity contribution in [3.63, 3.8) is 0 Å². The second-order valence-corrected chi connectivity index (χ2v) is 6.89. The quantitative estimate of drug-likeness (QED) is 0.462. The third kappa shape index (κ3) is 4.28. The van der Waals surface area contributed by atoms with Gasteiger partial charge in [-0.25, -0.2) is 4.79 Å². The van der Waals surface area contributed by atoms with Gasteiger partial charge >= 0.3 is 5.97 Å². The van der Waals surface area contributed by atoms with Crippen molar-refractivity contribution in [2.45, 2.75) is 38.7 Å². The van der Waals surface area contributed by atoms with Gasteiger partial charge in [-0.15, -0.1) is 0 Å². The summed E-state index contributed by atoms with van der Waals surface area (Å²) in [6, 6.07) is 4.60. The van der Waals surface area contributed by atoms with Crippen LogP contribution >= 0.6 is 0 Å². The van der Waals surface area contributed by atoms with E-state index in [4.69, 9.17) is 9.47 Å². The predicted octanol–water partition coefficient (Wildman–Crippen LogP) is 3.17. The van der Waals surface area contributed by atoms with Gasteiger partial charge in [0, 0.05) is 25.8 Å². The number of hydrogen-bond donors (Lipinski definition) is 0. The third-order valence-corrected chi connectivity index (χ3v) is 4.83. The molecular weight excluding hydrogens is 324 g/mol. The zero-order valence-corrected chi connectivity index (χ0v) is 14.5. The maximum atomic E-state index is 12.2. The van der Waals surface area contributed by atoms with Crippen LogP contribution in [0, 0.1) is 16.0 Å². The first-order valence-corrected chi connectivity index (χ1v) is 8.86. The molecule has 0 saturated carbocycles. The van der Waals surface area contributed by atoms with Crippen LogP contribution in [0.3, 0.4) is 0 Å². The molecule has 2 saturated heterocycles. The van der Waals surface area contributed by atoms with Gasteiger partial charge < -0.3 is 14.4 Å². The molecule has 0 spiro atoms. The van der Waals surface area contributed by atoms with Crippen molar-refractivity contribution < 1.29 is 19.2 Å². The molecule has 2 atom stereocenters. The standard InChI is InChI=1S/C18H24N2O5/c1-13-4-2-8-19(11-13)16-7-6-14(10-17(16)20(22)23)18(21)25-12-15-5-3-9-24-15/h6-7,10,13,15H,2-5,8-9,11-12H2,1H3/t13-,15-/m0/s1. The van der Waals surface area contributed by atoms with Crippen molar-refractivity contribution in [1.29, 1.82) is 0 Å². The first kappa shape index (κ1) is 17.7. The fourth-order valence-electron chi connectivity index (χ4n) is 3.50. The minimum absolute atomic E-state index is 0.0410. The second kappa shape index (κ2) is 7.82. The van der Waals surface area contributed by atoms with Gasteiger partial charge in [-0.05, 0) is 43.7 Å². The van der Waals surface area contributed by atoms with E-state index in [1.165, 1.54) is 6.07 Å².